The van der Waals surface area contributed by atoms with Crippen LogP contribution in [0.4, 0.5) is 4.79 Å². The van der Waals surface area contributed by atoms with Crippen LogP contribution in [0.5, 0.6) is 0 Å². The normalized spacial score (nSPS) is 18.8. The number of nitrogens with zero attached hydrogens (tertiary/aromatic N) is 3. The van der Waals surface area contributed by atoms with Crippen molar-refractivity contribution in [1.82, 2.24) is 20.0 Å². The van der Waals surface area contributed by atoms with Crippen molar-refractivity contribution < 1.29 is 23.5 Å². The molecule has 2 aliphatic heterocycles. The molecule has 28 heavy (non-hydrogen) atoms. The average Bonchev–Trinajstić information content (AvgIpc) is 3.23. The van der Waals surface area contributed by atoms with Crippen molar-refractivity contribution in [3.05, 3.63) is 24.2 Å². The van der Waals surface area contributed by atoms with Crippen LogP contribution >= 0.6 is 0 Å². The second kappa shape index (κ2) is 9.59. The van der Waals surface area contributed by atoms with E-state index in [1.165, 1.54) is 6.26 Å². The number of piperidine rings is 1. The lowest BCUT2D eigenvalue weighted by molar-refractivity contribution is -0.123. The van der Waals surface area contributed by atoms with Crippen molar-refractivity contribution >= 4 is 17.9 Å². The molecule has 3 amide bonds. The highest BCUT2D eigenvalue weighted by Gasteiger charge is 2.27. The van der Waals surface area contributed by atoms with E-state index in [1.807, 2.05) is 0 Å². The molecule has 0 aromatic carbocycles. The summed E-state index contributed by atoms with van der Waals surface area (Å²) in [7, 11) is 0. The van der Waals surface area contributed by atoms with Gasteiger partial charge >= 0.3 is 6.09 Å². The standard InChI is InChI=1S/C19H28N4O5/c1-2-27-19(26)23-7-5-15(6-8-23)20-17(24)14-21-9-11-22(12-10-21)18(25)16-4-3-13-28-16/h3-4,13,15H,2,5-12,14H2,1H3,(H,20,24). The first-order valence-corrected chi connectivity index (χ1v) is 9.83. The number of carbonyl (C=O) groups excluding carboxylic acids is 3. The number of hydrogen-bond donors (Lipinski definition) is 1. The summed E-state index contributed by atoms with van der Waals surface area (Å²) >= 11 is 0. The van der Waals surface area contributed by atoms with Crippen molar-refractivity contribution in [3.63, 3.8) is 0 Å². The summed E-state index contributed by atoms with van der Waals surface area (Å²) in [4.78, 5) is 41.8. The molecular weight excluding hydrogens is 364 g/mol. The van der Waals surface area contributed by atoms with Crippen LogP contribution in [0.1, 0.15) is 30.3 Å². The molecule has 0 bridgehead atoms. The largest absolute Gasteiger partial charge is 0.459 e. The summed E-state index contributed by atoms with van der Waals surface area (Å²) in [6, 6.07) is 3.44. The molecule has 3 heterocycles. The van der Waals surface area contributed by atoms with Gasteiger partial charge in [0.15, 0.2) is 5.76 Å². The minimum Gasteiger partial charge on any atom is -0.459 e. The SMILES string of the molecule is CCOC(=O)N1CCC(NC(=O)CN2CCN(C(=O)c3ccco3)CC2)CC1. The molecular formula is C19H28N4O5. The van der Waals surface area contributed by atoms with Gasteiger partial charge in [-0.1, -0.05) is 0 Å². The molecule has 0 aliphatic carbocycles. The van der Waals surface area contributed by atoms with Gasteiger partial charge in [0.2, 0.25) is 5.91 Å². The number of amides is 3. The van der Waals surface area contributed by atoms with Crippen molar-refractivity contribution in [3.8, 4) is 0 Å². The molecule has 1 aromatic heterocycles. The smallest absolute Gasteiger partial charge is 0.409 e. The molecule has 1 aromatic rings. The van der Waals surface area contributed by atoms with Crippen LogP contribution in [0.25, 0.3) is 0 Å². The summed E-state index contributed by atoms with van der Waals surface area (Å²) in [5.74, 6) is 0.225. The van der Waals surface area contributed by atoms with Gasteiger partial charge in [-0.15, -0.1) is 0 Å². The predicted octanol–water partition coefficient (Wildman–Crippen LogP) is 0.775. The lowest BCUT2D eigenvalue weighted by Crippen LogP contribution is -2.53. The molecule has 3 rings (SSSR count). The molecule has 2 saturated heterocycles. The molecule has 0 saturated carbocycles. The van der Waals surface area contributed by atoms with E-state index in [-0.39, 0.29) is 23.9 Å². The quantitative estimate of drug-likeness (QED) is 0.796. The van der Waals surface area contributed by atoms with Crippen molar-refractivity contribution in [1.29, 1.82) is 0 Å². The number of carbonyl (C=O) groups is 3. The highest BCUT2D eigenvalue weighted by atomic mass is 16.6. The van der Waals surface area contributed by atoms with Crippen LogP contribution in [-0.4, -0.2) is 91.1 Å². The number of nitrogens with one attached hydrogen (secondary N) is 1. The zero-order valence-corrected chi connectivity index (χ0v) is 16.3. The summed E-state index contributed by atoms with van der Waals surface area (Å²) in [6.07, 6.45) is 2.67. The first-order chi connectivity index (χ1) is 13.6. The van der Waals surface area contributed by atoms with E-state index in [2.05, 4.69) is 10.2 Å². The molecule has 9 nitrogen and oxygen atoms in total. The fourth-order valence-electron chi connectivity index (χ4n) is 3.56. The van der Waals surface area contributed by atoms with Crippen LogP contribution < -0.4 is 5.32 Å². The third kappa shape index (κ3) is 5.25. The van der Waals surface area contributed by atoms with Crippen LogP contribution in [0.15, 0.2) is 22.8 Å². The first-order valence-electron chi connectivity index (χ1n) is 9.83. The van der Waals surface area contributed by atoms with E-state index in [0.717, 1.165) is 12.8 Å². The summed E-state index contributed by atoms with van der Waals surface area (Å²) in [5, 5.41) is 3.06. The van der Waals surface area contributed by atoms with Crippen LogP contribution in [0.2, 0.25) is 0 Å². The number of rotatable bonds is 5. The Labute approximate surface area is 164 Å². The maximum absolute atomic E-state index is 12.3. The molecule has 2 aliphatic rings. The van der Waals surface area contributed by atoms with E-state index in [1.54, 1.807) is 28.9 Å². The monoisotopic (exact) mass is 392 g/mol. The molecule has 154 valence electrons. The number of hydrogen-bond acceptors (Lipinski definition) is 6. The number of furan rings is 1. The minimum absolute atomic E-state index is 0.0135. The average molecular weight is 392 g/mol. The maximum atomic E-state index is 12.3. The molecule has 0 unspecified atom stereocenters. The van der Waals surface area contributed by atoms with Gasteiger partial charge in [0.1, 0.15) is 0 Å². The van der Waals surface area contributed by atoms with Gasteiger partial charge in [0.25, 0.3) is 5.91 Å². The minimum atomic E-state index is -0.283. The number of piperazine rings is 1. The topological polar surface area (TPSA) is 95.3 Å². The second-order valence-corrected chi connectivity index (χ2v) is 7.07. The molecule has 0 spiro atoms. The van der Waals surface area contributed by atoms with E-state index >= 15 is 0 Å². The third-order valence-corrected chi connectivity index (χ3v) is 5.14. The fraction of sp³-hybridized carbons (Fsp3) is 0.632. The molecule has 0 radical (unpaired) electrons. The lowest BCUT2D eigenvalue weighted by Gasteiger charge is -2.35. The Morgan fingerprint density at radius 3 is 2.43 bits per heavy atom. The fourth-order valence-corrected chi connectivity index (χ4v) is 3.56. The zero-order valence-electron chi connectivity index (χ0n) is 16.3. The van der Waals surface area contributed by atoms with Crippen LogP contribution in [-0.2, 0) is 9.53 Å². The molecule has 2 fully saturated rings. The van der Waals surface area contributed by atoms with Crippen molar-refractivity contribution in [2.45, 2.75) is 25.8 Å². The predicted molar refractivity (Wildman–Crippen MR) is 101 cm³/mol. The van der Waals surface area contributed by atoms with Crippen LogP contribution in [0.3, 0.4) is 0 Å². The summed E-state index contributed by atoms with van der Waals surface area (Å²) in [5.41, 5.74) is 0. The Morgan fingerprint density at radius 1 is 1.11 bits per heavy atom. The third-order valence-electron chi connectivity index (χ3n) is 5.14. The van der Waals surface area contributed by atoms with Gasteiger partial charge in [-0.25, -0.2) is 4.79 Å². The lowest BCUT2D eigenvalue weighted by atomic mass is 10.1. The first kappa shape index (κ1) is 20.2. The van der Waals surface area contributed by atoms with E-state index < -0.39 is 0 Å². The summed E-state index contributed by atoms with van der Waals surface area (Å²) in [6.45, 7) is 6.13. The summed E-state index contributed by atoms with van der Waals surface area (Å²) < 4.78 is 10.2. The van der Waals surface area contributed by atoms with Gasteiger partial charge < -0.3 is 24.3 Å². The number of ether oxygens (including phenoxy) is 1. The van der Waals surface area contributed by atoms with Crippen LogP contribution in [0, 0.1) is 0 Å². The number of likely N-dealkylation sites (tertiary alicyclic amines) is 1. The van der Waals surface area contributed by atoms with E-state index in [9.17, 15) is 14.4 Å². The highest BCUT2D eigenvalue weighted by Crippen LogP contribution is 2.12. The molecule has 9 heteroatoms. The van der Waals surface area contributed by atoms with E-state index in [0.29, 0.717) is 58.2 Å². The van der Waals surface area contributed by atoms with E-state index in [4.69, 9.17) is 9.15 Å². The van der Waals surface area contributed by atoms with Gasteiger partial charge in [-0.2, -0.15) is 0 Å². The molecule has 0 atom stereocenters. The van der Waals surface area contributed by atoms with Crippen molar-refractivity contribution in [2.75, 3.05) is 52.4 Å². The highest BCUT2D eigenvalue weighted by molar-refractivity contribution is 5.91. The van der Waals surface area contributed by atoms with Gasteiger partial charge in [-0.3, -0.25) is 14.5 Å². The van der Waals surface area contributed by atoms with Gasteiger partial charge in [0, 0.05) is 45.3 Å². The van der Waals surface area contributed by atoms with Gasteiger partial charge in [-0.05, 0) is 31.9 Å². The Balaban J connectivity index is 1.35. The Morgan fingerprint density at radius 2 is 1.82 bits per heavy atom. The van der Waals surface area contributed by atoms with Gasteiger partial charge in [0.05, 0.1) is 19.4 Å². The van der Waals surface area contributed by atoms with Crippen molar-refractivity contribution in [2.24, 2.45) is 0 Å². The Bertz CT molecular complexity index is 662. The second-order valence-electron chi connectivity index (χ2n) is 7.07. The Kier molecular flexibility index (Phi) is 6.91. The molecule has 1 N–H and O–H groups in total. The Hall–Kier alpha value is -2.55. The zero-order chi connectivity index (χ0) is 19.9. The maximum Gasteiger partial charge on any atom is 0.409 e.